The Kier molecular flexibility index (Phi) is 8.24. The van der Waals surface area contributed by atoms with Crippen molar-refractivity contribution >= 4 is 11.8 Å². The Bertz CT molecular complexity index is 1120. The van der Waals surface area contributed by atoms with E-state index in [4.69, 9.17) is 14.2 Å². The van der Waals surface area contributed by atoms with Gasteiger partial charge in [0.25, 0.3) is 5.91 Å². The molecule has 2 aromatic carbocycles. The normalized spacial score (nSPS) is 25.4. The van der Waals surface area contributed by atoms with Gasteiger partial charge < -0.3 is 24.0 Å². The molecule has 0 saturated carbocycles. The molecule has 1 fully saturated rings. The number of amides is 2. The van der Waals surface area contributed by atoms with E-state index in [1.54, 1.807) is 44.3 Å². The highest BCUT2D eigenvalue weighted by molar-refractivity contribution is 6.00. The van der Waals surface area contributed by atoms with Gasteiger partial charge in [-0.05, 0) is 37.0 Å². The zero-order chi connectivity index (χ0) is 25.7. The van der Waals surface area contributed by atoms with Crippen LogP contribution in [0.5, 0.6) is 5.75 Å². The first-order valence-electron chi connectivity index (χ1n) is 12.3. The summed E-state index contributed by atoms with van der Waals surface area (Å²) < 4.78 is 18.1. The molecule has 8 heteroatoms. The highest BCUT2D eigenvalue weighted by Crippen LogP contribution is 2.30. The number of hydrogen-bond donors (Lipinski definition) is 0. The number of carbonyl (C=O) groups excluding carboxylic acids is 2. The van der Waals surface area contributed by atoms with Gasteiger partial charge in [-0.15, -0.1) is 0 Å². The Labute approximate surface area is 212 Å². The molecule has 0 unspecified atom stereocenters. The summed E-state index contributed by atoms with van der Waals surface area (Å²) in [6, 6.07) is 16.0. The number of benzene rings is 2. The van der Waals surface area contributed by atoms with Crippen LogP contribution in [0.15, 0.2) is 48.5 Å². The molecule has 2 aromatic rings. The Hall–Kier alpha value is -3.41. The number of hydrogen-bond acceptors (Lipinski definition) is 6. The fraction of sp³-hybridized carbons (Fsp3) is 0.464. The van der Waals surface area contributed by atoms with Crippen LogP contribution in [0.2, 0.25) is 0 Å². The van der Waals surface area contributed by atoms with Crippen molar-refractivity contribution in [2.45, 2.75) is 50.0 Å². The lowest BCUT2D eigenvalue weighted by Crippen LogP contribution is -2.50. The van der Waals surface area contributed by atoms with Gasteiger partial charge in [-0.1, -0.05) is 36.4 Å². The maximum Gasteiger partial charge on any atom is 0.258 e. The number of nitrogens with zero attached hydrogens (tertiary/aromatic N) is 3. The van der Waals surface area contributed by atoms with E-state index in [0.29, 0.717) is 19.4 Å². The number of para-hydroxylation sites is 1. The molecule has 2 heterocycles. The van der Waals surface area contributed by atoms with Crippen LogP contribution in [0, 0.1) is 11.3 Å². The maximum atomic E-state index is 13.8. The predicted molar refractivity (Wildman–Crippen MR) is 134 cm³/mol. The van der Waals surface area contributed by atoms with Crippen molar-refractivity contribution < 1.29 is 23.8 Å². The standard InChI is InChI=1S/C28H33N3O5/c1-30-15-14-21-12-13-24(34-3)25(36-21)18-35-26-20(17-29)10-7-11-22(26)27(32)31(2)23(28(30)33)16-19-8-5-4-6-9-19/h4-11,21,23-25H,12-16,18H2,1-3H3/t21-,23+,24-,25-/m0/s1. The zero-order valence-electron chi connectivity index (χ0n) is 21.1. The highest BCUT2D eigenvalue weighted by Gasteiger charge is 2.36. The third-order valence-corrected chi connectivity index (χ3v) is 7.12. The van der Waals surface area contributed by atoms with E-state index in [9.17, 15) is 14.9 Å². The molecule has 0 N–H and O–H groups in total. The summed E-state index contributed by atoms with van der Waals surface area (Å²) in [6.45, 7) is 0.664. The number of methoxy groups -OCH3 is 1. The van der Waals surface area contributed by atoms with Gasteiger partial charge in [0, 0.05) is 34.2 Å². The average Bonchev–Trinajstić information content (AvgIpc) is 2.92. The fourth-order valence-corrected chi connectivity index (χ4v) is 4.94. The number of nitriles is 1. The van der Waals surface area contributed by atoms with E-state index in [-0.39, 0.29) is 53.6 Å². The van der Waals surface area contributed by atoms with Gasteiger partial charge in [-0.3, -0.25) is 9.59 Å². The monoisotopic (exact) mass is 491 g/mol. The summed E-state index contributed by atoms with van der Waals surface area (Å²) in [5.74, 6) is -0.325. The Morgan fingerprint density at radius 3 is 2.56 bits per heavy atom. The Morgan fingerprint density at radius 2 is 1.83 bits per heavy atom. The van der Waals surface area contributed by atoms with Crippen molar-refractivity contribution in [2.24, 2.45) is 0 Å². The number of carbonyl (C=O) groups is 2. The number of rotatable bonds is 3. The number of fused-ring (bicyclic) bond motifs is 3. The summed E-state index contributed by atoms with van der Waals surface area (Å²) in [5, 5.41) is 9.74. The molecule has 2 amide bonds. The van der Waals surface area contributed by atoms with Crippen LogP contribution in [0.3, 0.4) is 0 Å². The second-order valence-electron chi connectivity index (χ2n) is 9.42. The predicted octanol–water partition coefficient (Wildman–Crippen LogP) is 3.05. The summed E-state index contributed by atoms with van der Waals surface area (Å²) >= 11 is 0. The van der Waals surface area contributed by atoms with E-state index in [2.05, 4.69) is 6.07 Å². The molecule has 1 saturated heterocycles. The Balaban J connectivity index is 1.74. The van der Waals surface area contributed by atoms with E-state index < -0.39 is 6.04 Å². The van der Waals surface area contributed by atoms with Crippen LogP contribution in [0.25, 0.3) is 0 Å². The third-order valence-electron chi connectivity index (χ3n) is 7.12. The highest BCUT2D eigenvalue weighted by atomic mass is 16.6. The van der Waals surface area contributed by atoms with E-state index in [1.807, 2.05) is 30.3 Å². The van der Waals surface area contributed by atoms with E-state index >= 15 is 0 Å². The summed E-state index contributed by atoms with van der Waals surface area (Å²) in [4.78, 5) is 30.6. The lowest BCUT2D eigenvalue weighted by Gasteiger charge is -2.37. The molecule has 2 bridgehead atoms. The molecule has 0 aromatic heterocycles. The lowest BCUT2D eigenvalue weighted by molar-refractivity contribution is -0.146. The second-order valence-corrected chi connectivity index (χ2v) is 9.42. The lowest BCUT2D eigenvalue weighted by atomic mass is 9.98. The molecule has 0 radical (unpaired) electrons. The largest absolute Gasteiger partial charge is 0.489 e. The first-order chi connectivity index (χ1) is 17.4. The van der Waals surface area contributed by atoms with Crippen molar-refractivity contribution in [2.75, 3.05) is 34.4 Å². The molecule has 36 heavy (non-hydrogen) atoms. The van der Waals surface area contributed by atoms with Crippen LogP contribution < -0.4 is 4.74 Å². The minimum absolute atomic E-state index is 0.0409. The summed E-state index contributed by atoms with van der Waals surface area (Å²) in [6.07, 6.45) is 2.13. The van der Waals surface area contributed by atoms with Crippen LogP contribution in [0.1, 0.15) is 40.7 Å². The van der Waals surface area contributed by atoms with Crippen LogP contribution >= 0.6 is 0 Å². The van der Waals surface area contributed by atoms with E-state index in [1.165, 1.54) is 4.90 Å². The van der Waals surface area contributed by atoms with Gasteiger partial charge in [-0.2, -0.15) is 5.26 Å². The molecular formula is C28H33N3O5. The van der Waals surface area contributed by atoms with Gasteiger partial charge in [-0.25, -0.2) is 0 Å². The molecule has 4 atom stereocenters. The van der Waals surface area contributed by atoms with Crippen molar-refractivity contribution in [1.82, 2.24) is 9.80 Å². The molecular weight excluding hydrogens is 458 g/mol. The van der Waals surface area contributed by atoms with Crippen molar-refractivity contribution in [1.29, 1.82) is 5.26 Å². The van der Waals surface area contributed by atoms with Crippen molar-refractivity contribution in [3.63, 3.8) is 0 Å². The van der Waals surface area contributed by atoms with E-state index in [0.717, 1.165) is 18.4 Å². The summed E-state index contributed by atoms with van der Waals surface area (Å²) in [5.41, 5.74) is 1.45. The maximum absolute atomic E-state index is 13.8. The topological polar surface area (TPSA) is 92.1 Å². The molecule has 4 rings (SSSR count). The molecule has 2 aliphatic rings. The first kappa shape index (κ1) is 25.7. The minimum atomic E-state index is -0.718. The molecule has 2 aliphatic heterocycles. The van der Waals surface area contributed by atoms with Gasteiger partial charge >= 0.3 is 0 Å². The Morgan fingerprint density at radius 1 is 1.06 bits per heavy atom. The fourth-order valence-electron chi connectivity index (χ4n) is 4.94. The van der Waals surface area contributed by atoms with Crippen LogP contribution in [0.4, 0.5) is 0 Å². The van der Waals surface area contributed by atoms with Crippen LogP contribution in [-0.4, -0.2) is 80.3 Å². The molecule has 190 valence electrons. The quantitative estimate of drug-likeness (QED) is 0.655. The van der Waals surface area contributed by atoms with Crippen molar-refractivity contribution in [3.05, 3.63) is 65.2 Å². The number of likely N-dealkylation sites (N-methyl/N-ethyl adjacent to an activating group) is 2. The molecule has 0 aliphatic carbocycles. The minimum Gasteiger partial charge on any atom is -0.489 e. The van der Waals surface area contributed by atoms with Gasteiger partial charge in [0.2, 0.25) is 5.91 Å². The third kappa shape index (κ3) is 5.53. The smallest absolute Gasteiger partial charge is 0.258 e. The summed E-state index contributed by atoms with van der Waals surface area (Å²) in [7, 11) is 5.05. The second kappa shape index (κ2) is 11.5. The van der Waals surface area contributed by atoms with Gasteiger partial charge in [0.05, 0.1) is 23.3 Å². The average molecular weight is 492 g/mol. The zero-order valence-corrected chi connectivity index (χ0v) is 21.1. The van der Waals surface area contributed by atoms with Crippen molar-refractivity contribution in [3.8, 4) is 11.8 Å². The first-order valence-corrected chi connectivity index (χ1v) is 12.3. The molecule has 0 spiro atoms. The van der Waals surface area contributed by atoms with Crippen LogP contribution in [-0.2, 0) is 20.7 Å². The number of ether oxygens (including phenoxy) is 3. The molecule has 8 nitrogen and oxygen atoms in total. The SMILES string of the molecule is CO[C@H]1CC[C@H]2CCN(C)C(=O)[C@@H](Cc3ccccc3)N(C)C(=O)c3cccc(C#N)c3OC[C@@H]1O2. The van der Waals surface area contributed by atoms with Gasteiger partial charge in [0.1, 0.15) is 30.6 Å². The van der Waals surface area contributed by atoms with Gasteiger partial charge in [0.15, 0.2) is 0 Å².